The summed E-state index contributed by atoms with van der Waals surface area (Å²) in [7, 11) is -4.59. The van der Waals surface area contributed by atoms with Crippen molar-refractivity contribution in [3.8, 4) is 11.5 Å². The number of benzene rings is 3. The number of nitrogens with zero attached hydrogens (tertiary/aromatic N) is 4. The highest BCUT2D eigenvalue weighted by molar-refractivity contribution is 7.90. The van der Waals surface area contributed by atoms with Gasteiger partial charge in [0.25, 0.3) is 21.6 Å². The van der Waals surface area contributed by atoms with E-state index >= 15 is 0 Å². The van der Waals surface area contributed by atoms with Crippen LogP contribution in [-0.2, 0) is 14.8 Å². The summed E-state index contributed by atoms with van der Waals surface area (Å²) in [4.78, 5) is 34.4. The molecule has 5 aromatic rings. The summed E-state index contributed by atoms with van der Waals surface area (Å²) in [5.41, 5.74) is 4.61. The number of nitro benzene ring substituents is 1. The fourth-order valence-corrected chi connectivity index (χ4v) is 9.67. The van der Waals surface area contributed by atoms with Crippen LogP contribution < -0.4 is 19.7 Å². The molecule has 0 unspecified atom stereocenters. The van der Waals surface area contributed by atoms with Gasteiger partial charge < -0.3 is 34.5 Å². The number of hydrogen-bond acceptors (Lipinski definition) is 11. The van der Waals surface area contributed by atoms with Crippen LogP contribution >= 0.6 is 11.6 Å². The first-order valence-corrected chi connectivity index (χ1v) is 22.7. The molecule has 2 fully saturated rings. The summed E-state index contributed by atoms with van der Waals surface area (Å²) in [6.07, 6.45) is 7.59. The van der Waals surface area contributed by atoms with Gasteiger partial charge in [0.2, 0.25) is 0 Å². The van der Waals surface area contributed by atoms with E-state index in [0.717, 1.165) is 49.1 Å². The Morgan fingerprint density at radius 2 is 1.82 bits per heavy atom. The molecule has 1 aliphatic carbocycles. The highest BCUT2D eigenvalue weighted by atomic mass is 35.5. The van der Waals surface area contributed by atoms with Crippen LogP contribution in [0.2, 0.25) is 5.02 Å². The number of ether oxygens (including phenoxy) is 2. The number of aromatic amines is 1. The van der Waals surface area contributed by atoms with Gasteiger partial charge in [-0.2, -0.15) is 0 Å². The zero-order valence-electron chi connectivity index (χ0n) is 34.7. The van der Waals surface area contributed by atoms with E-state index in [9.17, 15) is 28.5 Å². The standard InChI is InChI=1S/C45H50ClN7O8S/c1-45(2)15-11-33(39(26-45)31-3-5-34(46)6-4-31)29-53(57)19-17-51(18-20-53)35-7-9-38(42(24-35)61-36-23-32-12-16-47-43(32)49-28-36)44(54)50-62(58,59)37-8-10-40(41(25-37)52(55)56)48-27-30-13-21-60-22-14-30/h3-10,12,16,23-25,28,30,48H,11,13-15,17-22,26-27,29H2,1-2H3,(H,47,49)(H,50,54). The van der Waals surface area contributed by atoms with E-state index in [1.54, 1.807) is 24.4 Å². The number of halogens is 1. The van der Waals surface area contributed by atoms with Gasteiger partial charge in [0.05, 0.1) is 47.8 Å². The third-order valence-electron chi connectivity index (χ3n) is 12.2. The van der Waals surface area contributed by atoms with Gasteiger partial charge in [-0.1, -0.05) is 37.6 Å². The summed E-state index contributed by atoms with van der Waals surface area (Å²) >= 11 is 6.22. The molecule has 0 spiro atoms. The molecule has 1 amide bonds. The summed E-state index contributed by atoms with van der Waals surface area (Å²) in [5.74, 6) is -0.377. The number of H-pyrrole nitrogens is 1. The highest BCUT2D eigenvalue weighted by Gasteiger charge is 2.34. The molecule has 8 rings (SSSR count). The second kappa shape index (κ2) is 17.7. The van der Waals surface area contributed by atoms with Crippen LogP contribution in [0.4, 0.5) is 17.1 Å². The van der Waals surface area contributed by atoms with Gasteiger partial charge in [0, 0.05) is 54.2 Å². The molecule has 0 atom stereocenters. The highest BCUT2D eigenvalue weighted by Crippen LogP contribution is 2.44. The molecule has 0 bridgehead atoms. The van der Waals surface area contributed by atoms with E-state index in [2.05, 4.69) is 38.8 Å². The minimum absolute atomic E-state index is 0.0570. The van der Waals surface area contributed by atoms with Gasteiger partial charge in [-0.05, 0) is 109 Å². The Balaban J connectivity index is 1.02. The summed E-state index contributed by atoms with van der Waals surface area (Å²) < 4.78 is 40.7. The minimum Gasteiger partial charge on any atom is -0.632 e. The molecule has 2 aromatic heterocycles. The summed E-state index contributed by atoms with van der Waals surface area (Å²) in [6.45, 7) is 8.18. The number of nitro groups is 1. The maximum absolute atomic E-state index is 14.4. The first-order valence-electron chi connectivity index (χ1n) is 20.8. The van der Waals surface area contributed by atoms with Gasteiger partial charge in [-0.25, -0.2) is 18.1 Å². The lowest BCUT2D eigenvalue weighted by Gasteiger charge is -2.50. The first-order chi connectivity index (χ1) is 29.6. The van der Waals surface area contributed by atoms with Crippen molar-refractivity contribution in [3.05, 3.63) is 122 Å². The molecule has 326 valence electrons. The van der Waals surface area contributed by atoms with Crippen LogP contribution in [0.3, 0.4) is 0 Å². The Hall–Kier alpha value is -5.52. The molecule has 3 aromatic carbocycles. The van der Waals surface area contributed by atoms with Crippen molar-refractivity contribution in [2.75, 3.05) is 62.7 Å². The lowest BCUT2D eigenvalue weighted by molar-refractivity contribution is -0.876. The molecule has 2 saturated heterocycles. The van der Waals surface area contributed by atoms with Crippen molar-refractivity contribution in [3.63, 3.8) is 0 Å². The number of hydroxylamine groups is 3. The Labute approximate surface area is 365 Å². The van der Waals surface area contributed by atoms with Gasteiger partial charge in [-0.3, -0.25) is 14.9 Å². The molecule has 3 N–H and O–H groups in total. The van der Waals surface area contributed by atoms with E-state index in [-0.39, 0.29) is 33.0 Å². The van der Waals surface area contributed by atoms with Crippen molar-refractivity contribution >= 4 is 61.2 Å². The topological polar surface area (TPSA) is 192 Å². The first kappa shape index (κ1) is 43.1. The number of anilines is 2. The number of fused-ring (bicyclic) bond motifs is 1. The average Bonchev–Trinajstić information content (AvgIpc) is 3.72. The summed E-state index contributed by atoms with van der Waals surface area (Å²) in [5, 5.41) is 31.0. The summed E-state index contributed by atoms with van der Waals surface area (Å²) in [6, 6.07) is 19.7. The molecule has 0 radical (unpaired) electrons. The zero-order valence-corrected chi connectivity index (χ0v) is 36.3. The number of carbonyl (C=O) groups is 1. The Kier molecular flexibility index (Phi) is 12.3. The van der Waals surface area contributed by atoms with Gasteiger partial charge in [0.1, 0.15) is 29.4 Å². The fourth-order valence-electron chi connectivity index (χ4n) is 8.56. The van der Waals surface area contributed by atoms with Crippen molar-refractivity contribution in [1.29, 1.82) is 0 Å². The Bertz CT molecular complexity index is 2620. The van der Waals surface area contributed by atoms with Gasteiger partial charge >= 0.3 is 0 Å². The van der Waals surface area contributed by atoms with Crippen molar-refractivity contribution in [2.45, 2.75) is 50.8 Å². The number of sulfonamides is 1. The molecule has 4 heterocycles. The second-order valence-electron chi connectivity index (χ2n) is 17.3. The number of nitrogens with one attached hydrogen (secondary N) is 3. The zero-order chi connectivity index (χ0) is 43.6. The van der Waals surface area contributed by atoms with Crippen LogP contribution in [-0.4, -0.2) is 86.3 Å². The number of hydrogen-bond donors (Lipinski definition) is 3. The third-order valence-corrected chi connectivity index (χ3v) is 13.8. The van der Waals surface area contributed by atoms with Crippen LogP contribution in [0.25, 0.3) is 16.6 Å². The molecule has 2 aliphatic heterocycles. The van der Waals surface area contributed by atoms with Crippen LogP contribution in [0.5, 0.6) is 11.5 Å². The number of pyridine rings is 1. The number of quaternary nitrogens is 1. The van der Waals surface area contributed by atoms with Gasteiger partial charge in [-0.15, -0.1) is 0 Å². The lowest BCUT2D eigenvalue weighted by Crippen LogP contribution is -2.57. The Morgan fingerprint density at radius 3 is 2.56 bits per heavy atom. The van der Waals surface area contributed by atoms with E-state index in [4.69, 9.17) is 21.1 Å². The minimum atomic E-state index is -4.59. The molecule has 17 heteroatoms. The van der Waals surface area contributed by atoms with E-state index in [1.807, 2.05) is 30.3 Å². The van der Waals surface area contributed by atoms with Crippen molar-refractivity contribution in [1.82, 2.24) is 14.7 Å². The second-order valence-corrected chi connectivity index (χ2v) is 19.4. The molecular weight excluding hydrogens is 834 g/mol. The maximum atomic E-state index is 14.4. The quantitative estimate of drug-likeness (QED) is 0.0444. The fraction of sp³-hybridized carbons (Fsp3) is 0.378. The van der Waals surface area contributed by atoms with Crippen molar-refractivity contribution in [2.24, 2.45) is 11.3 Å². The SMILES string of the molecule is CC1(C)CCC(C[N+]2([O-])CCN(c3ccc(C(=O)NS(=O)(=O)c4ccc(NCC5CCOCC5)c([N+](=O)[O-])c4)c(Oc4cnc5[nH]ccc5c4)c3)CC2)=C(c2ccc(Cl)cc2)C1. The Morgan fingerprint density at radius 1 is 1.06 bits per heavy atom. The smallest absolute Gasteiger partial charge is 0.293 e. The van der Waals surface area contributed by atoms with E-state index in [1.165, 1.54) is 35.5 Å². The number of amides is 1. The number of aromatic nitrogens is 2. The van der Waals surface area contributed by atoms with E-state index < -0.39 is 31.4 Å². The monoisotopic (exact) mass is 883 g/mol. The number of carbonyl (C=O) groups excluding carboxylic acids is 1. The molecule has 62 heavy (non-hydrogen) atoms. The predicted molar refractivity (Wildman–Crippen MR) is 239 cm³/mol. The normalized spacial score (nSPS) is 18.1. The van der Waals surface area contributed by atoms with Crippen molar-refractivity contribution < 1.29 is 32.3 Å². The van der Waals surface area contributed by atoms with Crippen LogP contribution in [0, 0.1) is 26.7 Å². The average molecular weight is 884 g/mol. The molecule has 3 aliphatic rings. The number of rotatable bonds is 13. The number of allylic oxidation sites excluding steroid dienone is 1. The largest absolute Gasteiger partial charge is 0.632 e. The van der Waals surface area contributed by atoms with Crippen LogP contribution in [0.1, 0.15) is 61.9 Å². The maximum Gasteiger partial charge on any atom is 0.293 e. The molecule has 15 nitrogen and oxygen atoms in total. The molecule has 0 saturated carbocycles. The molecular formula is C45H50ClN7O8S. The van der Waals surface area contributed by atoms with Crippen LogP contribution in [0.15, 0.2) is 95.7 Å². The third kappa shape index (κ3) is 9.90. The lowest BCUT2D eigenvalue weighted by atomic mass is 9.72. The van der Waals surface area contributed by atoms with Gasteiger partial charge in [0.15, 0.2) is 0 Å². The van der Waals surface area contributed by atoms with E-state index in [0.29, 0.717) is 74.6 Å². The predicted octanol–water partition coefficient (Wildman–Crippen LogP) is 8.67. The number of piperazine rings is 1.